The third kappa shape index (κ3) is 28.8. The van der Waals surface area contributed by atoms with Crippen molar-refractivity contribution in [1.29, 1.82) is 0 Å². The van der Waals surface area contributed by atoms with Gasteiger partial charge >= 0.3 is 6.09 Å². The van der Waals surface area contributed by atoms with Gasteiger partial charge in [-0.05, 0) is 32.9 Å². The molecule has 0 bridgehead atoms. The van der Waals surface area contributed by atoms with Crippen LogP contribution in [-0.2, 0) is 14.8 Å². The van der Waals surface area contributed by atoms with E-state index in [1.54, 1.807) is 11.8 Å². The Kier molecular flexibility index (Phi) is 21.8. The van der Waals surface area contributed by atoms with Crippen LogP contribution in [0.2, 0.25) is 0 Å². The number of unbranched alkanes of at least 4 members (excludes halogenated alkanes) is 13. The summed E-state index contributed by atoms with van der Waals surface area (Å²) in [5.74, 6) is 1.76. The normalized spacial score (nSPS) is 13.4. The molecule has 1 unspecified atom stereocenters. The van der Waals surface area contributed by atoms with Crippen LogP contribution in [0.4, 0.5) is 4.79 Å². The van der Waals surface area contributed by atoms with E-state index in [4.69, 9.17) is 4.74 Å². The molecule has 1 atom stereocenters. The average molecular weight is 595 g/mol. The molecule has 234 valence electrons. The van der Waals surface area contributed by atoms with E-state index in [-0.39, 0.29) is 18.3 Å². The van der Waals surface area contributed by atoms with Gasteiger partial charge in [-0.25, -0.2) is 17.9 Å². The highest BCUT2D eigenvalue weighted by atomic mass is 32.2. The minimum absolute atomic E-state index is 0.0911. The summed E-state index contributed by atoms with van der Waals surface area (Å²) >= 11 is 1.77. The Labute approximate surface area is 247 Å². The molecule has 0 aliphatic carbocycles. The van der Waals surface area contributed by atoms with Crippen LogP contribution in [0.1, 0.15) is 124 Å². The van der Waals surface area contributed by atoms with Crippen LogP contribution < -0.4 is 10.0 Å². The first kappa shape index (κ1) is 38.5. The zero-order chi connectivity index (χ0) is 29.6. The summed E-state index contributed by atoms with van der Waals surface area (Å²) in [6.07, 6.45) is 18.9. The van der Waals surface area contributed by atoms with Crippen LogP contribution in [0.5, 0.6) is 0 Å². The van der Waals surface area contributed by atoms with Crippen molar-refractivity contribution >= 4 is 27.9 Å². The van der Waals surface area contributed by atoms with Gasteiger partial charge in [-0.3, -0.25) is 0 Å². The number of nitrogens with zero attached hydrogens (tertiary/aromatic N) is 1. The number of thioether (sulfide) groups is 1. The van der Waals surface area contributed by atoms with Crippen molar-refractivity contribution in [2.75, 3.05) is 51.5 Å². The molecule has 0 rings (SSSR count). The van der Waals surface area contributed by atoms with Gasteiger partial charge in [-0.2, -0.15) is 11.8 Å². The fourth-order valence-corrected chi connectivity index (χ4v) is 6.45. The molecule has 2 N–H and O–H groups in total. The van der Waals surface area contributed by atoms with Crippen molar-refractivity contribution in [3.8, 4) is 0 Å². The first-order valence-corrected chi connectivity index (χ1v) is 18.4. The molecule has 0 fully saturated rings. The lowest BCUT2D eigenvalue weighted by Crippen LogP contribution is -2.47. The van der Waals surface area contributed by atoms with Crippen LogP contribution in [0, 0.1) is 0 Å². The largest absolute Gasteiger partial charge is 0.444 e. The summed E-state index contributed by atoms with van der Waals surface area (Å²) in [6, 6.07) is -0.315. The van der Waals surface area contributed by atoms with Gasteiger partial charge in [0.25, 0.3) is 0 Å². The second kappa shape index (κ2) is 22.1. The molecule has 9 heteroatoms. The van der Waals surface area contributed by atoms with Crippen LogP contribution in [-0.4, -0.2) is 82.1 Å². The summed E-state index contributed by atoms with van der Waals surface area (Å²) < 4.78 is 33.8. The Hall–Kier alpha value is -0.510. The highest BCUT2D eigenvalue weighted by Crippen LogP contribution is 2.15. The van der Waals surface area contributed by atoms with Crippen molar-refractivity contribution in [2.24, 2.45) is 0 Å². The summed E-state index contributed by atoms with van der Waals surface area (Å²) in [5.41, 5.74) is -0.596. The molecule has 0 aliphatic heterocycles. The number of alkyl carbamates (subject to hydrolysis) is 1. The Morgan fingerprint density at radius 1 is 0.821 bits per heavy atom. The van der Waals surface area contributed by atoms with Crippen molar-refractivity contribution in [3.05, 3.63) is 0 Å². The summed E-state index contributed by atoms with van der Waals surface area (Å²) in [5, 5.41) is 2.87. The molecule has 39 heavy (non-hydrogen) atoms. The van der Waals surface area contributed by atoms with Gasteiger partial charge in [0.1, 0.15) is 5.60 Å². The zero-order valence-corrected chi connectivity index (χ0v) is 28.2. The number of nitrogens with one attached hydrogen (secondary N) is 2. The van der Waals surface area contributed by atoms with Gasteiger partial charge in [0.15, 0.2) is 0 Å². The van der Waals surface area contributed by atoms with Gasteiger partial charge in [-0.15, -0.1) is 0 Å². The van der Waals surface area contributed by atoms with E-state index < -0.39 is 21.7 Å². The SMILES string of the molecule is CCCCCCCCCCCCCCCCSCC(CNS(=O)(=O)CCC[N+](C)(C)C)NC(=O)OC(C)(C)C. The predicted molar refractivity (Wildman–Crippen MR) is 170 cm³/mol. The van der Waals surface area contributed by atoms with Crippen LogP contribution in [0.3, 0.4) is 0 Å². The molecule has 0 heterocycles. The summed E-state index contributed by atoms with van der Waals surface area (Å²) in [4.78, 5) is 12.3. The molecule has 0 saturated carbocycles. The highest BCUT2D eigenvalue weighted by Gasteiger charge is 2.21. The van der Waals surface area contributed by atoms with E-state index in [1.165, 1.54) is 83.5 Å². The molecule has 0 aromatic heterocycles. The molecular formula is C30H64N3O4S2+. The number of rotatable bonds is 25. The zero-order valence-electron chi connectivity index (χ0n) is 26.6. The Balaban J connectivity index is 4.16. The lowest BCUT2D eigenvalue weighted by atomic mass is 10.0. The fraction of sp³-hybridized carbons (Fsp3) is 0.967. The van der Waals surface area contributed by atoms with E-state index in [9.17, 15) is 13.2 Å². The highest BCUT2D eigenvalue weighted by molar-refractivity contribution is 7.99. The molecule has 0 saturated heterocycles. The minimum Gasteiger partial charge on any atom is -0.444 e. The monoisotopic (exact) mass is 594 g/mol. The van der Waals surface area contributed by atoms with Crippen LogP contribution in [0.15, 0.2) is 0 Å². The Bertz CT molecular complexity index is 704. The Morgan fingerprint density at radius 2 is 1.31 bits per heavy atom. The van der Waals surface area contributed by atoms with Gasteiger partial charge in [-0.1, -0.05) is 90.4 Å². The average Bonchev–Trinajstić information content (AvgIpc) is 2.80. The van der Waals surface area contributed by atoms with Gasteiger partial charge in [0.2, 0.25) is 10.0 Å². The van der Waals surface area contributed by atoms with E-state index in [0.717, 1.165) is 23.2 Å². The van der Waals surface area contributed by atoms with E-state index in [1.807, 2.05) is 20.8 Å². The number of carbonyl (C=O) groups excluding carboxylic acids is 1. The smallest absolute Gasteiger partial charge is 0.407 e. The third-order valence-electron chi connectivity index (χ3n) is 6.47. The summed E-state index contributed by atoms with van der Waals surface area (Å²) in [7, 11) is 2.76. The van der Waals surface area contributed by atoms with E-state index >= 15 is 0 Å². The van der Waals surface area contributed by atoms with E-state index in [0.29, 0.717) is 12.2 Å². The minimum atomic E-state index is -3.39. The maximum absolute atomic E-state index is 12.5. The van der Waals surface area contributed by atoms with Gasteiger partial charge in [0.05, 0.1) is 39.5 Å². The third-order valence-corrected chi connectivity index (χ3v) is 9.12. The second-order valence-electron chi connectivity index (χ2n) is 13.0. The number of hydrogen-bond donors (Lipinski definition) is 2. The topological polar surface area (TPSA) is 84.5 Å². The molecule has 0 aromatic carbocycles. The molecule has 1 amide bonds. The quantitative estimate of drug-likeness (QED) is 0.0869. The molecule has 0 aliphatic rings. The Morgan fingerprint density at radius 3 is 1.77 bits per heavy atom. The summed E-state index contributed by atoms with van der Waals surface area (Å²) in [6.45, 7) is 8.70. The standard InChI is InChI=1S/C30H63N3O4S2/c1-8-9-10-11-12-13-14-15-16-17-18-19-20-21-24-38-27-28(32-29(34)37-30(2,3)4)26-31-39(35,36)25-22-23-33(5,6)7/h28,31H,8-27H2,1-7H3/p+1. The van der Waals surface area contributed by atoms with Crippen molar-refractivity contribution in [2.45, 2.75) is 136 Å². The fourth-order valence-electron chi connectivity index (χ4n) is 4.28. The number of amides is 1. The molecule has 0 aromatic rings. The van der Waals surface area contributed by atoms with Crippen molar-refractivity contribution < 1.29 is 22.4 Å². The number of sulfonamides is 1. The number of quaternary nitrogens is 1. The molecule has 0 radical (unpaired) electrons. The first-order valence-electron chi connectivity index (χ1n) is 15.6. The van der Waals surface area contributed by atoms with Gasteiger partial charge < -0.3 is 14.5 Å². The first-order chi connectivity index (χ1) is 18.2. The number of carbonyl (C=O) groups is 1. The van der Waals surface area contributed by atoms with Crippen LogP contribution in [0.25, 0.3) is 0 Å². The number of hydrogen-bond acceptors (Lipinski definition) is 5. The van der Waals surface area contributed by atoms with Gasteiger partial charge in [0, 0.05) is 18.7 Å². The van der Waals surface area contributed by atoms with E-state index in [2.05, 4.69) is 38.1 Å². The lowest BCUT2D eigenvalue weighted by Gasteiger charge is -2.24. The number of ether oxygens (including phenoxy) is 1. The predicted octanol–water partition coefficient (Wildman–Crippen LogP) is 7.11. The molecule has 7 nitrogen and oxygen atoms in total. The lowest BCUT2D eigenvalue weighted by molar-refractivity contribution is -0.870. The maximum Gasteiger partial charge on any atom is 0.407 e. The van der Waals surface area contributed by atoms with Crippen molar-refractivity contribution in [3.63, 3.8) is 0 Å². The van der Waals surface area contributed by atoms with Crippen molar-refractivity contribution in [1.82, 2.24) is 10.0 Å². The molecule has 0 spiro atoms. The molecular weight excluding hydrogens is 530 g/mol. The second-order valence-corrected chi connectivity index (χ2v) is 16.1. The van der Waals surface area contributed by atoms with Crippen LogP contribution >= 0.6 is 11.8 Å². The maximum atomic E-state index is 12.5.